The largest absolute Gasteiger partial charge is 0.487 e. The molecule has 0 saturated heterocycles. The van der Waals surface area contributed by atoms with Gasteiger partial charge in [-0.25, -0.2) is 9.59 Å². The van der Waals surface area contributed by atoms with Crippen LogP contribution < -0.4 is 25.4 Å². The standard InChI is InChI=1S/C53H77N3O7/c1-35(2)20-17-21-37(5)22-18-23-38(6)24-19-30-53(10)31-29-44-41(9)48(39(7)40(8)49(44)63-53)62-46(57)33-54-50(58)45(32-42-25-13-11-14-26-42)55-51(59)47(36(3)4)56-52(60)61-34-43-27-15-12-16-28-43/h11-16,25-28,35-38,45,47H,17-24,29-34H2,1-10H3,(H,54,58)(H,55,59)(H,56,60)/t37-,38-,45+,47+,53-/m1/s1. The molecule has 4 rings (SSSR count). The Bertz CT molecular complexity index is 1930. The van der Waals surface area contributed by atoms with Gasteiger partial charge in [-0.3, -0.25) is 9.59 Å². The molecule has 10 heteroatoms. The van der Waals surface area contributed by atoms with Gasteiger partial charge in [0, 0.05) is 12.0 Å². The van der Waals surface area contributed by atoms with E-state index >= 15 is 0 Å². The Labute approximate surface area is 378 Å². The molecule has 1 aliphatic rings. The van der Waals surface area contributed by atoms with Gasteiger partial charge in [0.25, 0.3) is 0 Å². The zero-order valence-electron chi connectivity index (χ0n) is 40.0. The molecule has 10 nitrogen and oxygen atoms in total. The van der Waals surface area contributed by atoms with E-state index in [9.17, 15) is 19.2 Å². The minimum Gasteiger partial charge on any atom is -0.487 e. The van der Waals surface area contributed by atoms with E-state index in [-0.39, 0.29) is 24.5 Å². The summed E-state index contributed by atoms with van der Waals surface area (Å²) in [5.41, 5.74) is 5.06. The van der Waals surface area contributed by atoms with Crippen LogP contribution in [-0.2, 0) is 38.6 Å². The number of alkyl carbamates (subject to hydrolysis) is 1. The van der Waals surface area contributed by atoms with Crippen molar-refractivity contribution in [2.75, 3.05) is 6.54 Å². The summed E-state index contributed by atoms with van der Waals surface area (Å²) in [6.07, 6.45) is 12.4. The molecule has 3 aromatic rings. The summed E-state index contributed by atoms with van der Waals surface area (Å²) in [5.74, 6) is 1.64. The molecule has 0 bridgehead atoms. The average molecular weight is 868 g/mol. The van der Waals surface area contributed by atoms with Gasteiger partial charge in [0.1, 0.15) is 42.3 Å². The predicted molar refractivity (Wildman–Crippen MR) is 252 cm³/mol. The van der Waals surface area contributed by atoms with Crippen molar-refractivity contribution in [3.8, 4) is 11.5 Å². The summed E-state index contributed by atoms with van der Waals surface area (Å²) in [6, 6.07) is 16.5. The maximum Gasteiger partial charge on any atom is 0.408 e. The molecule has 0 spiro atoms. The Morgan fingerprint density at radius 3 is 1.90 bits per heavy atom. The third-order valence-electron chi connectivity index (χ3n) is 12.8. The van der Waals surface area contributed by atoms with E-state index in [0.717, 1.165) is 76.6 Å². The van der Waals surface area contributed by atoms with Crippen LogP contribution in [0.2, 0.25) is 0 Å². The fraction of sp³-hybridized carbons (Fsp3) is 0.585. The van der Waals surface area contributed by atoms with E-state index in [1.54, 1.807) is 13.8 Å². The second kappa shape index (κ2) is 24.8. The van der Waals surface area contributed by atoms with Gasteiger partial charge in [-0.1, -0.05) is 147 Å². The van der Waals surface area contributed by atoms with Crippen LogP contribution in [0.1, 0.15) is 146 Å². The zero-order valence-corrected chi connectivity index (χ0v) is 40.0. The average Bonchev–Trinajstić information content (AvgIpc) is 3.24. The monoisotopic (exact) mass is 868 g/mol. The maximum atomic E-state index is 13.7. The minimum absolute atomic E-state index is 0.0454. The first-order valence-electron chi connectivity index (χ1n) is 23.6. The third kappa shape index (κ3) is 16.3. The SMILES string of the molecule is Cc1c(C)c2c(c(C)c1OC(=O)CNC(=O)[C@H](Cc1ccccc1)NC(=O)[C@@H](NC(=O)OCc1ccccc1)C(C)C)CC[C@@](C)(CCC[C@H](C)CCC[C@H](C)CCCC(C)C)O2. The summed E-state index contributed by atoms with van der Waals surface area (Å²) in [6.45, 7) is 20.8. The van der Waals surface area contributed by atoms with Gasteiger partial charge in [0.05, 0.1) is 0 Å². The first kappa shape index (κ1) is 50.8. The highest BCUT2D eigenvalue weighted by Gasteiger charge is 2.35. The van der Waals surface area contributed by atoms with Crippen molar-refractivity contribution in [2.24, 2.45) is 23.7 Å². The third-order valence-corrected chi connectivity index (χ3v) is 12.8. The van der Waals surface area contributed by atoms with Crippen LogP contribution in [0.3, 0.4) is 0 Å². The number of hydrogen-bond acceptors (Lipinski definition) is 7. The number of hydrogen-bond donors (Lipinski definition) is 3. The van der Waals surface area contributed by atoms with Crippen LogP contribution in [0.5, 0.6) is 11.5 Å². The number of nitrogens with one attached hydrogen (secondary N) is 3. The summed E-state index contributed by atoms with van der Waals surface area (Å²) in [4.78, 5) is 53.5. The quantitative estimate of drug-likeness (QED) is 0.0603. The number of ether oxygens (including phenoxy) is 3. The van der Waals surface area contributed by atoms with Gasteiger partial charge >= 0.3 is 12.1 Å². The van der Waals surface area contributed by atoms with Crippen LogP contribution in [-0.4, -0.2) is 48.1 Å². The molecule has 0 unspecified atom stereocenters. The molecule has 0 fully saturated rings. The minimum atomic E-state index is -1.04. The molecular formula is C53H77N3O7. The summed E-state index contributed by atoms with van der Waals surface area (Å²) in [7, 11) is 0. The highest BCUT2D eigenvalue weighted by molar-refractivity contribution is 5.93. The van der Waals surface area contributed by atoms with Gasteiger partial charge < -0.3 is 30.2 Å². The van der Waals surface area contributed by atoms with E-state index in [4.69, 9.17) is 14.2 Å². The molecular weight excluding hydrogens is 791 g/mol. The second-order valence-corrected chi connectivity index (χ2v) is 19.3. The van der Waals surface area contributed by atoms with Gasteiger partial charge in [-0.05, 0) is 105 Å². The lowest BCUT2D eigenvalue weighted by atomic mass is 9.83. The number of esters is 1. The van der Waals surface area contributed by atoms with Crippen LogP contribution in [0.15, 0.2) is 60.7 Å². The van der Waals surface area contributed by atoms with Gasteiger partial charge in [0.2, 0.25) is 11.8 Å². The number of benzene rings is 3. The summed E-state index contributed by atoms with van der Waals surface area (Å²) in [5, 5.41) is 8.16. The number of fused-ring (bicyclic) bond motifs is 1. The first-order chi connectivity index (χ1) is 30.0. The molecule has 0 aromatic heterocycles. The Balaban J connectivity index is 1.32. The van der Waals surface area contributed by atoms with Crippen LogP contribution >= 0.6 is 0 Å². The van der Waals surface area contributed by atoms with Crippen molar-refractivity contribution >= 4 is 23.9 Å². The van der Waals surface area contributed by atoms with Gasteiger partial charge in [-0.2, -0.15) is 0 Å². The van der Waals surface area contributed by atoms with E-state index in [2.05, 4.69) is 50.6 Å². The highest BCUT2D eigenvalue weighted by atomic mass is 16.5. The zero-order chi connectivity index (χ0) is 46.1. The molecule has 0 radical (unpaired) electrons. The molecule has 3 aromatic carbocycles. The molecule has 346 valence electrons. The predicted octanol–water partition coefficient (Wildman–Crippen LogP) is 10.8. The fourth-order valence-corrected chi connectivity index (χ4v) is 8.59. The van der Waals surface area contributed by atoms with Gasteiger partial charge in [0.15, 0.2) is 0 Å². The van der Waals surface area contributed by atoms with Crippen LogP contribution in [0.25, 0.3) is 0 Å². The molecule has 5 atom stereocenters. The molecule has 3 amide bonds. The van der Waals surface area contributed by atoms with E-state index < -0.39 is 42.5 Å². The molecule has 0 saturated carbocycles. The van der Waals surface area contributed by atoms with Crippen molar-refractivity contribution < 1.29 is 33.4 Å². The van der Waals surface area contributed by atoms with Crippen molar-refractivity contribution in [3.05, 3.63) is 94.0 Å². The maximum absolute atomic E-state index is 13.7. The van der Waals surface area contributed by atoms with Crippen molar-refractivity contribution in [2.45, 2.75) is 171 Å². The lowest BCUT2D eigenvalue weighted by Gasteiger charge is -2.38. The molecule has 3 N–H and O–H groups in total. The number of carbonyl (C=O) groups excluding carboxylic acids is 4. The number of amides is 3. The van der Waals surface area contributed by atoms with Gasteiger partial charge in [-0.15, -0.1) is 0 Å². The van der Waals surface area contributed by atoms with Crippen LogP contribution in [0, 0.1) is 44.4 Å². The lowest BCUT2D eigenvalue weighted by Crippen LogP contribution is -2.56. The second-order valence-electron chi connectivity index (χ2n) is 19.3. The summed E-state index contributed by atoms with van der Waals surface area (Å²) >= 11 is 0. The van der Waals surface area contributed by atoms with Crippen LogP contribution in [0.4, 0.5) is 4.79 Å². The fourth-order valence-electron chi connectivity index (χ4n) is 8.59. The Morgan fingerprint density at radius 2 is 1.30 bits per heavy atom. The number of rotatable bonds is 24. The highest BCUT2D eigenvalue weighted by Crippen LogP contribution is 2.45. The summed E-state index contributed by atoms with van der Waals surface area (Å²) < 4.78 is 18.2. The smallest absolute Gasteiger partial charge is 0.408 e. The topological polar surface area (TPSA) is 132 Å². The first-order valence-corrected chi connectivity index (χ1v) is 23.6. The van der Waals surface area contributed by atoms with Crippen molar-refractivity contribution in [1.82, 2.24) is 16.0 Å². The molecule has 0 aliphatic carbocycles. The van der Waals surface area contributed by atoms with E-state index in [0.29, 0.717) is 11.7 Å². The Morgan fingerprint density at radius 1 is 0.714 bits per heavy atom. The van der Waals surface area contributed by atoms with E-state index in [1.807, 2.05) is 81.4 Å². The van der Waals surface area contributed by atoms with Crippen molar-refractivity contribution in [3.63, 3.8) is 0 Å². The lowest BCUT2D eigenvalue weighted by molar-refractivity contribution is -0.136. The molecule has 1 aliphatic heterocycles. The Kier molecular flexibility index (Phi) is 20.0. The number of carbonyl (C=O) groups is 4. The van der Waals surface area contributed by atoms with Crippen molar-refractivity contribution in [1.29, 1.82) is 0 Å². The van der Waals surface area contributed by atoms with E-state index in [1.165, 1.54) is 44.9 Å². The normalized spacial score (nSPS) is 16.6. The Hall–Kier alpha value is -4.86. The molecule has 1 heterocycles. The molecule has 63 heavy (non-hydrogen) atoms.